The molecule has 5 nitrogen and oxygen atoms in total. The summed E-state index contributed by atoms with van der Waals surface area (Å²) in [6.07, 6.45) is 0.697. The van der Waals surface area contributed by atoms with Crippen LogP contribution in [0.2, 0.25) is 0 Å². The normalized spacial score (nSPS) is 23.5. The third-order valence-corrected chi connectivity index (χ3v) is 4.71. The molecule has 1 saturated heterocycles. The van der Waals surface area contributed by atoms with Gasteiger partial charge in [0.15, 0.2) is 0 Å². The van der Waals surface area contributed by atoms with Gasteiger partial charge in [0.1, 0.15) is 0 Å². The van der Waals surface area contributed by atoms with Crippen molar-refractivity contribution in [3.63, 3.8) is 0 Å². The van der Waals surface area contributed by atoms with Crippen LogP contribution in [-0.2, 0) is 10.2 Å². The second kappa shape index (κ2) is 5.30. The van der Waals surface area contributed by atoms with Crippen LogP contribution >= 0.6 is 0 Å². The van der Waals surface area contributed by atoms with Gasteiger partial charge in [-0.25, -0.2) is 4.79 Å². The molecule has 2 aliphatic heterocycles. The number of carbonyl (C=O) groups excluding carboxylic acids is 2. The first kappa shape index (κ1) is 14.9. The SMILES string of the molecule is CC(C)CNC(=O)N1CCC2(C1)C(=O)N(C)c1ccccc12. The number of nitrogens with zero attached hydrogens (tertiary/aromatic N) is 2. The van der Waals surface area contributed by atoms with Crippen molar-refractivity contribution in [3.05, 3.63) is 29.8 Å². The highest BCUT2D eigenvalue weighted by atomic mass is 16.2. The van der Waals surface area contributed by atoms with E-state index in [2.05, 4.69) is 19.2 Å². The highest BCUT2D eigenvalue weighted by Gasteiger charge is 2.54. The third-order valence-electron chi connectivity index (χ3n) is 4.71. The van der Waals surface area contributed by atoms with Crippen molar-refractivity contribution in [1.29, 1.82) is 0 Å². The molecule has 1 aromatic carbocycles. The Balaban J connectivity index is 1.82. The van der Waals surface area contributed by atoms with Gasteiger partial charge in [-0.1, -0.05) is 32.0 Å². The maximum Gasteiger partial charge on any atom is 0.317 e. The van der Waals surface area contributed by atoms with Crippen molar-refractivity contribution < 1.29 is 9.59 Å². The Labute approximate surface area is 131 Å². The van der Waals surface area contributed by atoms with Crippen LogP contribution in [-0.4, -0.2) is 43.5 Å². The van der Waals surface area contributed by atoms with Gasteiger partial charge in [-0.05, 0) is 24.0 Å². The first-order valence-electron chi connectivity index (χ1n) is 7.86. The number of hydrogen-bond donors (Lipinski definition) is 1. The minimum absolute atomic E-state index is 0.0644. The Morgan fingerprint density at radius 3 is 2.82 bits per heavy atom. The van der Waals surface area contributed by atoms with E-state index in [1.165, 1.54) is 0 Å². The summed E-state index contributed by atoms with van der Waals surface area (Å²) in [6.45, 7) is 5.89. The Hall–Kier alpha value is -2.04. The zero-order valence-electron chi connectivity index (χ0n) is 13.4. The average molecular weight is 301 g/mol. The van der Waals surface area contributed by atoms with Gasteiger partial charge in [-0.15, -0.1) is 0 Å². The van der Waals surface area contributed by atoms with Crippen LogP contribution in [0.1, 0.15) is 25.8 Å². The zero-order valence-corrected chi connectivity index (χ0v) is 13.4. The van der Waals surface area contributed by atoms with Crippen molar-refractivity contribution in [2.24, 2.45) is 5.92 Å². The molecule has 1 atom stereocenters. The van der Waals surface area contributed by atoms with E-state index < -0.39 is 5.41 Å². The van der Waals surface area contributed by atoms with E-state index in [1.807, 2.05) is 31.3 Å². The topological polar surface area (TPSA) is 52.7 Å². The number of urea groups is 1. The number of anilines is 1. The second-order valence-electron chi connectivity index (χ2n) is 6.71. The molecule has 0 aliphatic carbocycles. The molecule has 2 aliphatic rings. The molecular formula is C17H23N3O2. The van der Waals surface area contributed by atoms with Gasteiger partial charge >= 0.3 is 6.03 Å². The molecule has 2 heterocycles. The summed E-state index contributed by atoms with van der Waals surface area (Å²) >= 11 is 0. The lowest BCUT2D eigenvalue weighted by atomic mass is 9.81. The van der Waals surface area contributed by atoms with Gasteiger partial charge < -0.3 is 15.1 Å². The largest absolute Gasteiger partial charge is 0.338 e. The van der Waals surface area contributed by atoms with Crippen LogP contribution in [0.3, 0.4) is 0 Å². The molecule has 1 unspecified atom stereocenters. The first-order valence-corrected chi connectivity index (χ1v) is 7.86. The Kier molecular flexibility index (Phi) is 3.59. The predicted molar refractivity (Wildman–Crippen MR) is 86.0 cm³/mol. The molecule has 0 radical (unpaired) electrons. The molecule has 0 aromatic heterocycles. The molecule has 5 heteroatoms. The smallest absolute Gasteiger partial charge is 0.317 e. The number of amides is 3. The minimum atomic E-state index is -0.555. The predicted octanol–water partition coefficient (Wildman–Crippen LogP) is 1.97. The van der Waals surface area contributed by atoms with Crippen molar-refractivity contribution in [3.8, 4) is 0 Å². The Morgan fingerprint density at radius 1 is 1.36 bits per heavy atom. The molecule has 1 N–H and O–H groups in total. The summed E-state index contributed by atoms with van der Waals surface area (Å²) in [6, 6.07) is 7.85. The molecule has 0 saturated carbocycles. The van der Waals surface area contributed by atoms with Gasteiger partial charge in [0, 0.05) is 32.4 Å². The number of carbonyl (C=O) groups is 2. The lowest BCUT2D eigenvalue weighted by Gasteiger charge is -2.24. The van der Waals surface area contributed by atoms with Crippen LogP contribution in [0.4, 0.5) is 10.5 Å². The molecule has 0 bridgehead atoms. The van der Waals surface area contributed by atoms with Gasteiger partial charge in [0.05, 0.1) is 5.41 Å². The number of fused-ring (bicyclic) bond motifs is 2. The lowest BCUT2D eigenvalue weighted by molar-refractivity contribution is -0.122. The highest BCUT2D eigenvalue weighted by molar-refractivity contribution is 6.08. The van der Waals surface area contributed by atoms with E-state index in [0.29, 0.717) is 32.0 Å². The summed E-state index contributed by atoms with van der Waals surface area (Å²) in [5.41, 5.74) is 1.47. The third kappa shape index (κ3) is 2.16. The maximum atomic E-state index is 12.8. The monoisotopic (exact) mass is 301 g/mol. The lowest BCUT2D eigenvalue weighted by Crippen LogP contribution is -2.45. The number of rotatable bonds is 2. The Morgan fingerprint density at radius 2 is 2.09 bits per heavy atom. The molecule has 22 heavy (non-hydrogen) atoms. The van der Waals surface area contributed by atoms with Gasteiger partial charge in [-0.3, -0.25) is 4.79 Å². The van der Waals surface area contributed by atoms with E-state index in [1.54, 1.807) is 9.80 Å². The van der Waals surface area contributed by atoms with Gasteiger partial charge in [-0.2, -0.15) is 0 Å². The second-order valence-corrected chi connectivity index (χ2v) is 6.71. The van der Waals surface area contributed by atoms with Crippen LogP contribution in [0.5, 0.6) is 0 Å². The number of para-hydroxylation sites is 1. The molecule has 3 amide bonds. The van der Waals surface area contributed by atoms with E-state index >= 15 is 0 Å². The van der Waals surface area contributed by atoms with E-state index in [9.17, 15) is 9.59 Å². The molecule has 1 spiro atoms. The van der Waals surface area contributed by atoms with Crippen molar-refractivity contribution in [1.82, 2.24) is 10.2 Å². The standard InChI is InChI=1S/C17H23N3O2/c1-12(2)10-18-16(22)20-9-8-17(11-20)13-6-4-5-7-14(13)19(3)15(17)21/h4-7,12H,8-11H2,1-3H3,(H,18,22). The van der Waals surface area contributed by atoms with Crippen LogP contribution in [0, 0.1) is 5.92 Å². The number of nitrogens with one attached hydrogen (secondary N) is 1. The Bertz CT molecular complexity index is 614. The summed E-state index contributed by atoms with van der Waals surface area (Å²) in [5.74, 6) is 0.522. The highest BCUT2D eigenvalue weighted by Crippen LogP contribution is 2.46. The summed E-state index contributed by atoms with van der Waals surface area (Å²) < 4.78 is 0. The van der Waals surface area contributed by atoms with Crippen molar-refractivity contribution >= 4 is 17.6 Å². The molecule has 3 rings (SSSR count). The van der Waals surface area contributed by atoms with E-state index in [0.717, 1.165) is 11.3 Å². The average Bonchev–Trinajstić information content (AvgIpc) is 3.04. The minimum Gasteiger partial charge on any atom is -0.338 e. The van der Waals surface area contributed by atoms with Crippen LogP contribution in [0.15, 0.2) is 24.3 Å². The van der Waals surface area contributed by atoms with Crippen molar-refractivity contribution in [2.45, 2.75) is 25.7 Å². The fourth-order valence-electron chi connectivity index (χ4n) is 3.50. The summed E-state index contributed by atoms with van der Waals surface area (Å²) in [7, 11) is 1.82. The van der Waals surface area contributed by atoms with Crippen LogP contribution < -0.4 is 10.2 Å². The van der Waals surface area contributed by atoms with Crippen LogP contribution in [0.25, 0.3) is 0 Å². The van der Waals surface area contributed by atoms with Gasteiger partial charge in [0.2, 0.25) is 5.91 Å². The first-order chi connectivity index (χ1) is 10.5. The number of hydrogen-bond acceptors (Lipinski definition) is 2. The summed E-state index contributed by atoms with van der Waals surface area (Å²) in [4.78, 5) is 28.6. The van der Waals surface area contributed by atoms with E-state index in [-0.39, 0.29) is 11.9 Å². The molecule has 1 fully saturated rings. The summed E-state index contributed by atoms with van der Waals surface area (Å²) in [5, 5.41) is 2.94. The fraction of sp³-hybridized carbons (Fsp3) is 0.529. The number of benzene rings is 1. The zero-order chi connectivity index (χ0) is 15.9. The van der Waals surface area contributed by atoms with Gasteiger partial charge in [0.25, 0.3) is 0 Å². The quantitative estimate of drug-likeness (QED) is 0.908. The maximum absolute atomic E-state index is 12.8. The molecule has 118 valence electrons. The van der Waals surface area contributed by atoms with Crippen molar-refractivity contribution in [2.75, 3.05) is 31.6 Å². The number of likely N-dealkylation sites (tertiary alicyclic amines) is 1. The fourth-order valence-corrected chi connectivity index (χ4v) is 3.50. The molecular weight excluding hydrogens is 278 g/mol. The van der Waals surface area contributed by atoms with E-state index in [4.69, 9.17) is 0 Å². The number of likely N-dealkylation sites (N-methyl/N-ethyl adjacent to an activating group) is 1. The molecule has 1 aromatic rings.